The zero-order valence-electron chi connectivity index (χ0n) is 22.6. The van der Waals surface area contributed by atoms with E-state index in [1.165, 1.54) is 28.5 Å². The van der Waals surface area contributed by atoms with Crippen molar-refractivity contribution in [3.05, 3.63) is 113 Å². The third-order valence-electron chi connectivity index (χ3n) is 9.06. The van der Waals surface area contributed by atoms with E-state index in [9.17, 15) is 4.79 Å². The van der Waals surface area contributed by atoms with Crippen LogP contribution in [0.4, 0.5) is 0 Å². The summed E-state index contributed by atoms with van der Waals surface area (Å²) in [6, 6.07) is 29.1. The van der Waals surface area contributed by atoms with Crippen molar-refractivity contribution < 1.29 is 9.53 Å². The molecule has 4 heteroatoms. The molecule has 1 N–H and O–H groups in total. The van der Waals surface area contributed by atoms with Crippen molar-refractivity contribution in [1.29, 1.82) is 0 Å². The molecule has 0 radical (unpaired) electrons. The van der Waals surface area contributed by atoms with Crippen LogP contribution in [0.3, 0.4) is 0 Å². The quantitative estimate of drug-likeness (QED) is 0.252. The zero-order chi connectivity index (χ0) is 26.5. The van der Waals surface area contributed by atoms with Gasteiger partial charge in [0.15, 0.2) is 0 Å². The van der Waals surface area contributed by atoms with E-state index in [1.807, 2.05) is 41.4 Å². The SMILES string of the molecule is CC1C[C@H]1C(C)c1cc(OC[C@@H]2Cc3ccccc3CN2C(=O)c2cccc3ccccc23)cc2[nH]ccc12. The van der Waals surface area contributed by atoms with Crippen molar-refractivity contribution >= 4 is 27.6 Å². The van der Waals surface area contributed by atoms with Crippen LogP contribution in [0.25, 0.3) is 21.7 Å². The summed E-state index contributed by atoms with van der Waals surface area (Å²) < 4.78 is 6.55. The summed E-state index contributed by atoms with van der Waals surface area (Å²) in [5.74, 6) is 2.95. The van der Waals surface area contributed by atoms with Gasteiger partial charge in [-0.3, -0.25) is 4.79 Å². The maximum absolute atomic E-state index is 14.1. The van der Waals surface area contributed by atoms with Gasteiger partial charge in [0.25, 0.3) is 5.91 Å². The van der Waals surface area contributed by atoms with Crippen LogP contribution in [0.2, 0.25) is 0 Å². The molecule has 0 bridgehead atoms. The number of nitrogens with zero attached hydrogens (tertiary/aromatic N) is 1. The molecule has 196 valence electrons. The van der Waals surface area contributed by atoms with Crippen molar-refractivity contribution in [3.8, 4) is 5.75 Å². The standard InChI is InChI=1S/C35H34N2O2/c1-22-16-32(22)23(2)33-18-28(19-34-30(33)14-15-36-34)39-21-27-17-25-9-3-4-10-26(25)20-37(27)35(38)31-13-7-11-24-8-5-6-12-29(24)31/h3-15,18-19,22-23,27,32,36H,16-17,20-21H2,1-2H3/t22?,23?,27-,32+/m0/s1. The zero-order valence-corrected chi connectivity index (χ0v) is 22.6. The Labute approximate surface area is 229 Å². The number of benzene rings is 4. The fraction of sp³-hybridized carbons (Fsp3) is 0.286. The molecule has 1 amide bonds. The van der Waals surface area contributed by atoms with Crippen LogP contribution in [0, 0.1) is 11.8 Å². The molecule has 1 fully saturated rings. The van der Waals surface area contributed by atoms with Crippen LogP contribution in [-0.4, -0.2) is 28.4 Å². The van der Waals surface area contributed by atoms with Gasteiger partial charge in [-0.25, -0.2) is 0 Å². The molecule has 39 heavy (non-hydrogen) atoms. The van der Waals surface area contributed by atoms with Crippen LogP contribution in [0.1, 0.15) is 53.2 Å². The summed E-state index contributed by atoms with van der Waals surface area (Å²) in [7, 11) is 0. The first-order valence-electron chi connectivity index (χ1n) is 14.2. The molecule has 2 unspecified atom stereocenters. The predicted octanol–water partition coefficient (Wildman–Crippen LogP) is 7.73. The molecule has 0 saturated heterocycles. The number of nitrogens with one attached hydrogen (secondary N) is 1. The van der Waals surface area contributed by atoms with E-state index in [0.29, 0.717) is 19.1 Å². The van der Waals surface area contributed by atoms with Crippen LogP contribution in [0.5, 0.6) is 5.75 Å². The lowest BCUT2D eigenvalue weighted by molar-refractivity contribution is 0.0568. The second-order valence-corrected chi connectivity index (χ2v) is 11.5. The number of aromatic nitrogens is 1. The molecule has 1 aliphatic carbocycles. The second-order valence-electron chi connectivity index (χ2n) is 11.5. The first-order chi connectivity index (χ1) is 19.1. The summed E-state index contributed by atoms with van der Waals surface area (Å²) in [6.45, 7) is 5.73. The number of hydrogen-bond acceptors (Lipinski definition) is 2. The number of carbonyl (C=O) groups is 1. The minimum absolute atomic E-state index is 0.0602. The van der Waals surface area contributed by atoms with Gasteiger partial charge in [-0.15, -0.1) is 0 Å². The van der Waals surface area contributed by atoms with E-state index in [1.54, 1.807) is 0 Å². The molecule has 2 heterocycles. The van der Waals surface area contributed by atoms with Crippen LogP contribution < -0.4 is 4.74 Å². The third kappa shape index (κ3) is 4.38. The highest BCUT2D eigenvalue weighted by molar-refractivity contribution is 6.07. The van der Waals surface area contributed by atoms with E-state index in [2.05, 4.69) is 73.4 Å². The van der Waals surface area contributed by atoms with E-state index in [4.69, 9.17) is 4.74 Å². The monoisotopic (exact) mass is 514 g/mol. The number of rotatable bonds is 6. The topological polar surface area (TPSA) is 45.3 Å². The molecular weight excluding hydrogens is 480 g/mol. The van der Waals surface area contributed by atoms with Gasteiger partial charge in [-0.2, -0.15) is 0 Å². The van der Waals surface area contributed by atoms with Gasteiger partial charge in [0.1, 0.15) is 12.4 Å². The lowest BCUT2D eigenvalue weighted by Gasteiger charge is -2.37. The van der Waals surface area contributed by atoms with Crippen molar-refractivity contribution in [2.75, 3.05) is 6.61 Å². The molecule has 5 aromatic rings. The summed E-state index contributed by atoms with van der Waals surface area (Å²) >= 11 is 0. The predicted molar refractivity (Wildman–Crippen MR) is 157 cm³/mol. The van der Waals surface area contributed by atoms with E-state index < -0.39 is 0 Å². The first-order valence-corrected chi connectivity index (χ1v) is 14.2. The Kier molecular flexibility index (Phi) is 5.92. The summed E-state index contributed by atoms with van der Waals surface area (Å²) in [5, 5.41) is 3.36. The molecule has 4 aromatic carbocycles. The van der Waals surface area contributed by atoms with Gasteiger partial charge >= 0.3 is 0 Å². The minimum Gasteiger partial charge on any atom is -0.491 e. The Hall–Kier alpha value is -4.05. The summed E-state index contributed by atoms with van der Waals surface area (Å²) in [6.07, 6.45) is 4.09. The molecule has 4 atom stereocenters. The van der Waals surface area contributed by atoms with Gasteiger partial charge in [0.2, 0.25) is 0 Å². The number of amides is 1. The van der Waals surface area contributed by atoms with Crippen LogP contribution >= 0.6 is 0 Å². The Morgan fingerprint density at radius 2 is 1.74 bits per heavy atom. The van der Waals surface area contributed by atoms with Gasteiger partial charge in [-0.1, -0.05) is 74.5 Å². The fourth-order valence-corrected chi connectivity index (χ4v) is 6.64. The number of aromatic amines is 1. The number of fused-ring (bicyclic) bond motifs is 3. The maximum atomic E-state index is 14.1. The number of hydrogen-bond donors (Lipinski definition) is 1. The third-order valence-corrected chi connectivity index (χ3v) is 9.06. The molecule has 4 nitrogen and oxygen atoms in total. The van der Waals surface area contributed by atoms with Gasteiger partial charge < -0.3 is 14.6 Å². The Balaban J connectivity index is 1.20. The minimum atomic E-state index is -0.0602. The molecule has 2 aliphatic rings. The molecule has 1 saturated carbocycles. The number of H-pyrrole nitrogens is 1. The van der Waals surface area contributed by atoms with Crippen molar-refractivity contribution in [2.45, 2.75) is 45.2 Å². The molecule has 1 aromatic heterocycles. The average Bonchev–Trinajstić information content (AvgIpc) is 3.51. The number of ether oxygens (including phenoxy) is 1. The largest absolute Gasteiger partial charge is 0.491 e. The summed E-state index contributed by atoms with van der Waals surface area (Å²) in [4.78, 5) is 19.5. The number of carbonyl (C=O) groups excluding carboxylic acids is 1. The van der Waals surface area contributed by atoms with Crippen LogP contribution in [-0.2, 0) is 13.0 Å². The van der Waals surface area contributed by atoms with Crippen molar-refractivity contribution in [3.63, 3.8) is 0 Å². The van der Waals surface area contributed by atoms with Crippen LogP contribution in [0.15, 0.2) is 91.1 Å². The molecule has 0 spiro atoms. The highest BCUT2D eigenvalue weighted by Gasteiger charge is 2.38. The summed E-state index contributed by atoms with van der Waals surface area (Å²) in [5.41, 5.74) is 5.73. The molecule has 1 aliphatic heterocycles. The fourth-order valence-electron chi connectivity index (χ4n) is 6.64. The Morgan fingerprint density at radius 1 is 0.974 bits per heavy atom. The van der Waals surface area contributed by atoms with Gasteiger partial charge in [0, 0.05) is 35.3 Å². The first kappa shape index (κ1) is 24.0. The molecular formula is C35H34N2O2. The van der Waals surface area contributed by atoms with Crippen molar-refractivity contribution in [2.24, 2.45) is 11.8 Å². The van der Waals surface area contributed by atoms with E-state index >= 15 is 0 Å². The Bertz CT molecular complexity index is 1680. The normalized spacial score (nSPS) is 21.1. The van der Waals surface area contributed by atoms with E-state index in [0.717, 1.165) is 45.9 Å². The maximum Gasteiger partial charge on any atom is 0.255 e. The Morgan fingerprint density at radius 3 is 2.59 bits per heavy atom. The average molecular weight is 515 g/mol. The lowest BCUT2D eigenvalue weighted by Crippen LogP contribution is -2.47. The second kappa shape index (κ2) is 9.60. The highest BCUT2D eigenvalue weighted by Crippen LogP contribution is 2.49. The van der Waals surface area contributed by atoms with Gasteiger partial charge in [0.05, 0.1) is 6.04 Å². The van der Waals surface area contributed by atoms with Crippen molar-refractivity contribution in [1.82, 2.24) is 9.88 Å². The molecule has 7 rings (SSSR count). The van der Waals surface area contributed by atoms with Gasteiger partial charge in [-0.05, 0) is 76.3 Å². The van der Waals surface area contributed by atoms with E-state index in [-0.39, 0.29) is 11.9 Å². The smallest absolute Gasteiger partial charge is 0.255 e. The lowest BCUT2D eigenvalue weighted by atomic mass is 9.92. The highest BCUT2D eigenvalue weighted by atomic mass is 16.5.